The summed E-state index contributed by atoms with van der Waals surface area (Å²) in [4.78, 5) is 34.6. The lowest BCUT2D eigenvalue weighted by Crippen LogP contribution is -2.28. The molecule has 1 aliphatic carbocycles. The Hall–Kier alpha value is -2.93. The number of ether oxygens (including phenoxy) is 1. The van der Waals surface area contributed by atoms with Crippen LogP contribution < -0.4 is 5.32 Å². The summed E-state index contributed by atoms with van der Waals surface area (Å²) in [7, 11) is 0. The number of nitrogens with one attached hydrogen (secondary N) is 1. The van der Waals surface area contributed by atoms with E-state index in [2.05, 4.69) is 5.32 Å². The number of carbonyl (C=O) groups excluding carboxylic acids is 2. The third-order valence-electron chi connectivity index (χ3n) is 4.24. The minimum absolute atomic E-state index is 0.0890. The highest BCUT2D eigenvalue weighted by atomic mass is 35.5. The van der Waals surface area contributed by atoms with Gasteiger partial charge in [0.2, 0.25) is 0 Å². The summed E-state index contributed by atoms with van der Waals surface area (Å²) in [6.07, 6.45) is 1.35. The normalized spacial score (nSPS) is 14.3. The zero-order valence-electron chi connectivity index (χ0n) is 13.6. The first kappa shape index (κ1) is 17.9. The van der Waals surface area contributed by atoms with Crippen LogP contribution >= 0.6 is 11.6 Å². The van der Waals surface area contributed by atoms with E-state index in [0.29, 0.717) is 12.8 Å². The maximum Gasteiger partial charge on any atom is 0.317 e. The minimum atomic E-state index is -0.676. The molecule has 1 amide bonds. The first-order valence-corrected chi connectivity index (χ1v) is 8.27. The van der Waals surface area contributed by atoms with Crippen molar-refractivity contribution in [2.75, 3.05) is 11.9 Å². The SMILES string of the molecule is O=C(COC(=O)C1(c2ccccc2)CC1)Nc1cc([N+](=O)[O-])ccc1Cl. The number of anilines is 1. The van der Waals surface area contributed by atoms with Crippen LogP contribution in [0.2, 0.25) is 5.02 Å². The molecule has 0 aliphatic heterocycles. The number of nitro benzene ring substituents is 1. The van der Waals surface area contributed by atoms with Gasteiger partial charge in [-0.2, -0.15) is 0 Å². The lowest BCUT2D eigenvalue weighted by molar-refractivity contribution is -0.384. The number of hydrogen-bond donors (Lipinski definition) is 1. The maximum atomic E-state index is 12.4. The first-order chi connectivity index (χ1) is 12.4. The van der Waals surface area contributed by atoms with Gasteiger partial charge >= 0.3 is 5.97 Å². The minimum Gasteiger partial charge on any atom is -0.455 e. The summed E-state index contributed by atoms with van der Waals surface area (Å²) >= 11 is 5.93. The van der Waals surface area contributed by atoms with Crippen LogP contribution in [-0.4, -0.2) is 23.4 Å². The van der Waals surface area contributed by atoms with Gasteiger partial charge in [-0.25, -0.2) is 0 Å². The van der Waals surface area contributed by atoms with Crippen LogP contribution in [0.5, 0.6) is 0 Å². The molecular weight excluding hydrogens is 360 g/mol. The monoisotopic (exact) mass is 374 g/mol. The van der Waals surface area contributed by atoms with Gasteiger partial charge in [0.05, 0.1) is 21.0 Å². The van der Waals surface area contributed by atoms with Crippen molar-refractivity contribution in [2.24, 2.45) is 0 Å². The lowest BCUT2D eigenvalue weighted by atomic mass is 9.96. The van der Waals surface area contributed by atoms with E-state index in [1.54, 1.807) is 0 Å². The van der Waals surface area contributed by atoms with Gasteiger partial charge in [0.1, 0.15) is 0 Å². The van der Waals surface area contributed by atoms with E-state index >= 15 is 0 Å². The first-order valence-electron chi connectivity index (χ1n) is 7.89. The molecule has 2 aromatic carbocycles. The van der Waals surface area contributed by atoms with Gasteiger partial charge in [0.15, 0.2) is 6.61 Å². The predicted octanol–water partition coefficient (Wildman–Crippen LogP) is 3.46. The molecule has 0 unspecified atom stereocenters. The number of halogens is 1. The van der Waals surface area contributed by atoms with Crippen LogP contribution in [0.3, 0.4) is 0 Å². The zero-order chi connectivity index (χ0) is 18.7. The molecule has 134 valence electrons. The fraction of sp³-hybridized carbons (Fsp3) is 0.222. The number of carbonyl (C=O) groups is 2. The van der Waals surface area contributed by atoms with Crippen molar-refractivity contribution >= 4 is 34.9 Å². The van der Waals surface area contributed by atoms with E-state index < -0.39 is 28.8 Å². The molecule has 26 heavy (non-hydrogen) atoms. The second-order valence-corrected chi connectivity index (χ2v) is 6.40. The van der Waals surface area contributed by atoms with E-state index in [4.69, 9.17) is 16.3 Å². The third kappa shape index (κ3) is 3.67. The molecule has 7 nitrogen and oxygen atoms in total. The summed E-state index contributed by atoms with van der Waals surface area (Å²) in [5.74, 6) is -1.08. The molecule has 1 N–H and O–H groups in total. The van der Waals surface area contributed by atoms with E-state index in [-0.39, 0.29) is 16.4 Å². The fourth-order valence-corrected chi connectivity index (χ4v) is 2.84. The second kappa shape index (κ2) is 7.13. The van der Waals surface area contributed by atoms with Crippen molar-refractivity contribution in [3.05, 3.63) is 69.2 Å². The molecule has 1 saturated carbocycles. The van der Waals surface area contributed by atoms with Crippen LogP contribution in [0.4, 0.5) is 11.4 Å². The van der Waals surface area contributed by atoms with Gasteiger partial charge < -0.3 is 10.1 Å². The summed E-state index contributed by atoms with van der Waals surface area (Å²) in [6.45, 7) is -0.494. The van der Waals surface area contributed by atoms with Crippen LogP contribution in [0.25, 0.3) is 0 Å². The average molecular weight is 375 g/mol. The average Bonchev–Trinajstić information content (AvgIpc) is 3.44. The molecule has 0 bridgehead atoms. The number of hydrogen-bond acceptors (Lipinski definition) is 5. The molecule has 1 fully saturated rings. The van der Waals surface area contributed by atoms with Crippen LogP contribution in [0, 0.1) is 10.1 Å². The van der Waals surface area contributed by atoms with Crippen molar-refractivity contribution in [3.8, 4) is 0 Å². The predicted molar refractivity (Wildman–Crippen MR) is 95.0 cm³/mol. The molecule has 1 aliphatic rings. The van der Waals surface area contributed by atoms with Crippen molar-refractivity contribution < 1.29 is 19.2 Å². The molecule has 0 heterocycles. The number of esters is 1. The van der Waals surface area contributed by atoms with Crippen molar-refractivity contribution in [3.63, 3.8) is 0 Å². The van der Waals surface area contributed by atoms with E-state index in [1.807, 2.05) is 30.3 Å². The number of nitrogens with zero attached hydrogens (tertiary/aromatic N) is 1. The van der Waals surface area contributed by atoms with Crippen molar-refractivity contribution in [2.45, 2.75) is 18.3 Å². The quantitative estimate of drug-likeness (QED) is 0.474. The maximum absolute atomic E-state index is 12.4. The number of benzene rings is 2. The Morgan fingerprint density at radius 1 is 1.19 bits per heavy atom. The Labute approximate surface area is 154 Å². The summed E-state index contributed by atoms with van der Waals surface area (Å²) in [6, 6.07) is 13.0. The number of non-ortho nitro benzene ring substituents is 1. The van der Waals surface area contributed by atoms with Crippen LogP contribution in [-0.2, 0) is 19.7 Å². The van der Waals surface area contributed by atoms with E-state index in [9.17, 15) is 19.7 Å². The van der Waals surface area contributed by atoms with Crippen LogP contribution in [0.1, 0.15) is 18.4 Å². The summed E-state index contributed by atoms with van der Waals surface area (Å²) in [5.41, 5.74) is 0.0750. The number of amides is 1. The Morgan fingerprint density at radius 3 is 2.50 bits per heavy atom. The largest absolute Gasteiger partial charge is 0.455 e. The van der Waals surface area contributed by atoms with Gasteiger partial charge in [-0.15, -0.1) is 0 Å². The molecular formula is C18H15ClN2O5. The Balaban J connectivity index is 1.61. The van der Waals surface area contributed by atoms with Gasteiger partial charge in [0.25, 0.3) is 11.6 Å². The van der Waals surface area contributed by atoms with Crippen LogP contribution in [0.15, 0.2) is 48.5 Å². The summed E-state index contributed by atoms with van der Waals surface area (Å²) < 4.78 is 5.15. The van der Waals surface area contributed by atoms with E-state index in [0.717, 1.165) is 11.6 Å². The van der Waals surface area contributed by atoms with Crippen molar-refractivity contribution in [1.82, 2.24) is 0 Å². The smallest absolute Gasteiger partial charge is 0.317 e. The fourth-order valence-electron chi connectivity index (χ4n) is 2.67. The second-order valence-electron chi connectivity index (χ2n) is 5.99. The lowest BCUT2D eigenvalue weighted by Gasteiger charge is -2.15. The Kier molecular flexibility index (Phi) is 4.90. The van der Waals surface area contributed by atoms with Crippen molar-refractivity contribution in [1.29, 1.82) is 0 Å². The van der Waals surface area contributed by atoms with E-state index in [1.165, 1.54) is 12.1 Å². The molecule has 0 radical (unpaired) electrons. The third-order valence-corrected chi connectivity index (χ3v) is 4.57. The number of nitro groups is 1. The van der Waals surface area contributed by atoms with Gasteiger partial charge in [-0.05, 0) is 24.5 Å². The molecule has 0 atom stereocenters. The molecule has 0 spiro atoms. The highest BCUT2D eigenvalue weighted by molar-refractivity contribution is 6.33. The van der Waals surface area contributed by atoms with Gasteiger partial charge in [0, 0.05) is 12.1 Å². The highest BCUT2D eigenvalue weighted by Crippen LogP contribution is 2.49. The topological polar surface area (TPSA) is 98.5 Å². The highest BCUT2D eigenvalue weighted by Gasteiger charge is 2.52. The Bertz CT molecular complexity index is 865. The summed E-state index contributed by atoms with van der Waals surface area (Å²) in [5, 5.41) is 13.4. The van der Waals surface area contributed by atoms with Gasteiger partial charge in [-0.1, -0.05) is 41.9 Å². The number of rotatable bonds is 6. The molecule has 8 heteroatoms. The molecule has 0 saturated heterocycles. The standard InChI is InChI=1S/C18H15ClN2O5/c19-14-7-6-13(21(24)25)10-15(14)20-16(22)11-26-17(23)18(8-9-18)12-4-2-1-3-5-12/h1-7,10H,8-9,11H2,(H,20,22). The van der Waals surface area contributed by atoms with Gasteiger partial charge in [-0.3, -0.25) is 19.7 Å². The molecule has 2 aromatic rings. The molecule has 3 rings (SSSR count). The zero-order valence-corrected chi connectivity index (χ0v) is 14.4. The Morgan fingerprint density at radius 2 is 1.88 bits per heavy atom. The molecule has 0 aromatic heterocycles.